The van der Waals surface area contributed by atoms with Crippen LogP contribution in [0.5, 0.6) is 0 Å². The number of hydrogen-bond donors (Lipinski definition) is 0. The molecule has 6 nitrogen and oxygen atoms in total. The van der Waals surface area contributed by atoms with Gasteiger partial charge in [0.1, 0.15) is 0 Å². The highest BCUT2D eigenvalue weighted by molar-refractivity contribution is 7.91. The molecule has 0 fully saturated rings. The summed E-state index contributed by atoms with van der Waals surface area (Å²) in [5.41, 5.74) is 2.78. The van der Waals surface area contributed by atoms with Crippen molar-refractivity contribution in [2.24, 2.45) is 0 Å². The summed E-state index contributed by atoms with van der Waals surface area (Å²) in [6, 6.07) is 0. The molecule has 1 rings (SSSR count). The van der Waals surface area contributed by atoms with Crippen LogP contribution in [0.15, 0.2) is 4.21 Å². The Labute approximate surface area is 97.9 Å². The Balaban J connectivity index is 3.04. The third kappa shape index (κ3) is 2.33. The molecule has 1 aromatic rings. The molecule has 1 radical (unpaired) electrons. The molecule has 0 aliphatic heterocycles. The van der Waals surface area contributed by atoms with Crippen molar-refractivity contribution >= 4 is 27.5 Å². The normalized spacial score (nSPS) is 11.2. The molecule has 1 aromatic heterocycles. The van der Waals surface area contributed by atoms with Crippen molar-refractivity contribution in [3.63, 3.8) is 0 Å². The minimum absolute atomic E-state index is 0.00283. The summed E-state index contributed by atoms with van der Waals surface area (Å²) >= 11 is 0.847. The Morgan fingerprint density at radius 3 is 2.69 bits per heavy atom. The highest BCUT2D eigenvalue weighted by Crippen LogP contribution is 2.22. The summed E-state index contributed by atoms with van der Waals surface area (Å²) in [6.07, 6.45) is -0.907. The number of carbonyl (C=O) groups excluding carboxylic acids is 1. The molecule has 89 valence electrons. The van der Waals surface area contributed by atoms with Crippen LogP contribution >= 0.6 is 11.3 Å². The van der Waals surface area contributed by atoms with Gasteiger partial charge in [0.15, 0.2) is 9.72 Å². The SMILES string of the molecule is CCOC(=O)N(C)S(=O)(=O)c1s[c]nc1C. The molecule has 0 aliphatic rings. The standard InChI is InChI=1S/C8H11N2O4S2/c1-4-14-8(11)10(3)16(12,13)7-6(2)9-5-15-7/h4H2,1-3H3. The summed E-state index contributed by atoms with van der Waals surface area (Å²) in [5.74, 6) is 0. The zero-order valence-electron chi connectivity index (χ0n) is 9.05. The average molecular weight is 263 g/mol. The number of ether oxygens (including phenoxy) is 1. The first kappa shape index (κ1) is 12.9. The van der Waals surface area contributed by atoms with E-state index in [2.05, 4.69) is 15.2 Å². The van der Waals surface area contributed by atoms with E-state index in [9.17, 15) is 13.2 Å². The topological polar surface area (TPSA) is 76.6 Å². The number of carbonyl (C=O) groups is 1. The van der Waals surface area contributed by atoms with Crippen LogP contribution < -0.4 is 0 Å². The number of rotatable bonds is 3. The first-order valence-corrected chi connectivity index (χ1v) is 6.66. The predicted octanol–water partition coefficient (Wildman–Crippen LogP) is 1.03. The van der Waals surface area contributed by atoms with Gasteiger partial charge < -0.3 is 4.74 Å². The first-order valence-electron chi connectivity index (χ1n) is 4.40. The molecular formula is C8H11N2O4S2. The van der Waals surface area contributed by atoms with Crippen molar-refractivity contribution in [3.05, 3.63) is 11.2 Å². The largest absolute Gasteiger partial charge is 0.449 e. The van der Waals surface area contributed by atoms with Gasteiger partial charge in [-0.25, -0.2) is 14.1 Å². The van der Waals surface area contributed by atoms with E-state index in [1.807, 2.05) is 0 Å². The minimum Gasteiger partial charge on any atom is -0.449 e. The average Bonchev–Trinajstić information content (AvgIpc) is 2.64. The number of amides is 1. The molecule has 0 aromatic carbocycles. The Bertz CT molecular complexity index is 480. The van der Waals surface area contributed by atoms with Crippen LogP contribution in [-0.4, -0.2) is 37.5 Å². The van der Waals surface area contributed by atoms with Crippen molar-refractivity contribution in [1.29, 1.82) is 0 Å². The second-order valence-electron chi connectivity index (χ2n) is 2.85. The van der Waals surface area contributed by atoms with E-state index in [1.165, 1.54) is 0 Å². The lowest BCUT2D eigenvalue weighted by atomic mass is 10.6. The van der Waals surface area contributed by atoms with Crippen LogP contribution in [0.25, 0.3) is 0 Å². The van der Waals surface area contributed by atoms with Crippen LogP contribution in [0.2, 0.25) is 0 Å². The minimum atomic E-state index is -3.86. The van der Waals surface area contributed by atoms with Crippen molar-refractivity contribution in [1.82, 2.24) is 9.29 Å². The van der Waals surface area contributed by atoms with Crippen molar-refractivity contribution < 1.29 is 17.9 Å². The van der Waals surface area contributed by atoms with Gasteiger partial charge in [-0.2, -0.15) is 8.42 Å². The monoisotopic (exact) mass is 263 g/mol. The molecule has 0 atom stereocenters. The lowest BCUT2D eigenvalue weighted by Crippen LogP contribution is -2.33. The van der Waals surface area contributed by atoms with E-state index in [0.29, 0.717) is 10.00 Å². The summed E-state index contributed by atoms with van der Waals surface area (Å²) in [4.78, 5) is 15.0. The maximum Gasteiger partial charge on any atom is 0.423 e. The molecule has 1 heterocycles. The van der Waals surface area contributed by atoms with Crippen LogP contribution in [0, 0.1) is 12.4 Å². The van der Waals surface area contributed by atoms with Crippen LogP contribution in [0.1, 0.15) is 12.6 Å². The highest BCUT2D eigenvalue weighted by Gasteiger charge is 2.29. The van der Waals surface area contributed by atoms with Gasteiger partial charge in [0.25, 0.3) is 10.0 Å². The fourth-order valence-corrected chi connectivity index (χ4v) is 3.17. The van der Waals surface area contributed by atoms with E-state index in [1.54, 1.807) is 13.8 Å². The quantitative estimate of drug-likeness (QED) is 0.814. The summed E-state index contributed by atoms with van der Waals surface area (Å²) in [6.45, 7) is 3.26. The second kappa shape index (κ2) is 4.79. The second-order valence-corrected chi connectivity index (χ2v) is 5.81. The molecule has 0 unspecified atom stereocenters. The zero-order chi connectivity index (χ0) is 12.3. The fraction of sp³-hybridized carbons (Fsp3) is 0.500. The number of aryl methyl sites for hydroxylation is 1. The Morgan fingerprint density at radius 2 is 2.25 bits per heavy atom. The fourth-order valence-electron chi connectivity index (χ4n) is 0.928. The van der Waals surface area contributed by atoms with Gasteiger partial charge in [-0.3, -0.25) is 0 Å². The molecule has 0 bridgehead atoms. The van der Waals surface area contributed by atoms with Crippen LogP contribution in [0.4, 0.5) is 4.79 Å². The van der Waals surface area contributed by atoms with E-state index in [-0.39, 0.29) is 10.8 Å². The number of nitrogens with zero attached hydrogens (tertiary/aromatic N) is 2. The Morgan fingerprint density at radius 1 is 1.62 bits per heavy atom. The highest BCUT2D eigenvalue weighted by atomic mass is 32.2. The maximum atomic E-state index is 11.9. The summed E-state index contributed by atoms with van der Waals surface area (Å²) in [7, 11) is -2.72. The van der Waals surface area contributed by atoms with Gasteiger partial charge in [0.2, 0.25) is 0 Å². The Hall–Kier alpha value is -1.15. The lowest BCUT2D eigenvalue weighted by molar-refractivity contribution is 0.136. The van der Waals surface area contributed by atoms with Gasteiger partial charge in [0.05, 0.1) is 12.3 Å². The lowest BCUT2D eigenvalue weighted by Gasteiger charge is -2.15. The molecule has 0 aliphatic carbocycles. The molecule has 1 amide bonds. The van der Waals surface area contributed by atoms with Crippen LogP contribution in [0.3, 0.4) is 0 Å². The maximum absolute atomic E-state index is 11.9. The number of aromatic nitrogens is 1. The van der Waals surface area contributed by atoms with E-state index >= 15 is 0 Å². The number of sulfonamides is 1. The smallest absolute Gasteiger partial charge is 0.423 e. The molecule has 16 heavy (non-hydrogen) atoms. The number of hydrogen-bond acceptors (Lipinski definition) is 6. The molecule has 0 N–H and O–H groups in total. The van der Waals surface area contributed by atoms with Crippen molar-refractivity contribution in [2.75, 3.05) is 13.7 Å². The van der Waals surface area contributed by atoms with E-state index in [0.717, 1.165) is 18.4 Å². The van der Waals surface area contributed by atoms with Gasteiger partial charge in [-0.15, -0.1) is 0 Å². The first-order chi connectivity index (χ1) is 7.41. The van der Waals surface area contributed by atoms with Crippen molar-refractivity contribution in [2.45, 2.75) is 18.1 Å². The predicted molar refractivity (Wildman–Crippen MR) is 57.7 cm³/mol. The summed E-state index contributed by atoms with van der Waals surface area (Å²) in [5, 5.41) is 0. The molecule has 0 saturated heterocycles. The zero-order valence-corrected chi connectivity index (χ0v) is 10.7. The van der Waals surface area contributed by atoms with Gasteiger partial charge in [-0.1, -0.05) is 11.3 Å². The van der Waals surface area contributed by atoms with Gasteiger partial charge in [0, 0.05) is 7.05 Å². The van der Waals surface area contributed by atoms with E-state index < -0.39 is 16.1 Å². The molecule has 0 saturated carbocycles. The van der Waals surface area contributed by atoms with Gasteiger partial charge in [-0.05, 0) is 13.8 Å². The molecule has 0 spiro atoms. The van der Waals surface area contributed by atoms with E-state index in [4.69, 9.17) is 0 Å². The molecular weight excluding hydrogens is 252 g/mol. The Kier molecular flexibility index (Phi) is 3.87. The third-order valence-corrected chi connectivity index (χ3v) is 4.95. The van der Waals surface area contributed by atoms with Crippen molar-refractivity contribution in [3.8, 4) is 0 Å². The summed E-state index contributed by atoms with van der Waals surface area (Å²) < 4.78 is 29.0. The van der Waals surface area contributed by atoms with Gasteiger partial charge >= 0.3 is 6.09 Å². The van der Waals surface area contributed by atoms with Crippen LogP contribution in [-0.2, 0) is 14.8 Å². The number of thiazole rings is 1. The third-order valence-electron chi connectivity index (χ3n) is 1.77. The molecule has 8 heteroatoms.